The normalized spacial score (nSPS) is 17.7. The molecule has 2 rings (SSSR count). The number of halogens is 2. The van der Waals surface area contributed by atoms with Crippen LogP contribution in [0.25, 0.3) is 0 Å². The molecule has 24 heavy (non-hydrogen) atoms. The number of likely N-dealkylation sites (tertiary alicyclic amines) is 1. The maximum Gasteiger partial charge on any atom is 0.387 e. The van der Waals surface area contributed by atoms with Gasteiger partial charge in [-0.1, -0.05) is 6.07 Å². The van der Waals surface area contributed by atoms with E-state index in [1.807, 2.05) is 0 Å². The first-order chi connectivity index (χ1) is 11.4. The van der Waals surface area contributed by atoms with Crippen molar-refractivity contribution in [2.75, 3.05) is 20.2 Å². The predicted octanol–water partition coefficient (Wildman–Crippen LogP) is 2.16. The molecule has 0 radical (unpaired) electrons. The lowest BCUT2D eigenvalue weighted by molar-refractivity contribution is -0.145. The van der Waals surface area contributed by atoms with Crippen LogP contribution in [0.15, 0.2) is 18.2 Å². The van der Waals surface area contributed by atoms with E-state index in [-0.39, 0.29) is 30.4 Å². The van der Waals surface area contributed by atoms with E-state index in [4.69, 9.17) is 9.84 Å². The van der Waals surface area contributed by atoms with Gasteiger partial charge in [-0.2, -0.15) is 8.78 Å². The van der Waals surface area contributed by atoms with Crippen molar-refractivity contribution in [1.29, 1.82) is 0 Å². The summed E-state index contributed by atoms with van der Waals surface area (Å²) >= 11 is 0. The predicted molar refractivity (Wildman–Crippen MR) is 80.3 cm³/mol. The minimum absolute atomic E-state index is 0.0179. The summed E-state index contributed by atoms with van der Waals surface area (Å²) in [5.74, 6) is -1.70. The monoisotopic (exact) mass is 343 g/mol. The lowest BCUT2D eigenvalue weighted by Gasteiger charge is -2.30. The SMILES string of the molecule is COc1ccc(CC(=O)N2CCCC(C(=O)O)C2)cc1OC(F)F. The quantitative estimate of drug-likeness (QED) is 0.857. The Morgan fingerprint density at radius 2 is 2.12 bits per heavy atom. The van der Waals surface area contributed by atoms with E-state index < -0.39 is 18.5 Å². The van der Waals surface area contributed by atoms with Crippen molar-refractivity contribution in [2.45, 2.75) is 25.9 Å². The molecule has 0 bridgehead atoms. The number of hydrogen-bond donors (Lipinski definition) is 1. The molecule has 132 valence electrons. The highest BCUT2D eigenvalue weighted by atomic mass is 19.3. The minimum Gasteiger partial charge on any atom is -0.493 e. The number of carbonyl (C=O) groups excluding carboxylic acids is 1. The number of rotatable bonds is 6. The molecule has 1 aliphatic rings. The highest BCUT2D eigenvalue weighted by Gasteiger charge is 2.28. The Balaban J connectivity index is 2.07. The maximum absolute atomic E-state index is 12.4. The van der Waals surface area contributed by atoms with Crippen molar-refractivity contribution < 1.29 is 33.0 Å². The first-order valence-corrected chi connectivity index (χ1v) is 7.53. The molecule has 0 spiro atoms. The standard InChI is InChI=1S/C16H19F2NO5/c1-23-12-5-4-10(7-13(12)24-16(17)18)8-14(20)19-6-2-3-11(9-19)15(21)22/h4-5,7,11,16H,2-3,6,8-9H2,1H3,(H,21,22). The molecule has 1 saturated heterocycles. The minimum atomic E-state index is -3.00. The van der Waals surface area contributed by atoms with E-state index in [0.717, 1.165) is 0 Å². The molecule has 1 heterocycles. The molecule has 1 unspecified atom stereocenters. The van der Waals surface area contributed by atoms with Gasteiger partial charge in [-0.25, -0.2) is 0 Å². The number of carboxylic acid groups (broad SMARTS) is 1. The van der Waals surface area contributed by atoms with Crippen LogP contribution >= 0.6 is 0 Å². The van der Waals surface area contributed by atoms with Crippen LogP contribution in [0.4, 0.5) is 8.78 Å². The Labute approximate surface area is 138 Å². The molecule has 1 N–H and O–H groups in total. The maximum atomic E-state index is 12.4. The molecular formula is C16H19F2NO5. The fraction of sp³-hybridized carbons (Fsp3) is 0.500. The molecule has 1 amide bonds. The number of piperidine rings is 1. The Morgan fingerprint density at radius 1 is 1.38 bits per heavy atom. The van der Waals surface area contributed by atoms with E-state index in [9.17, 15) is 18.4 Å². The largest absolute Gasteiger partial charge is 0.493 e. The molecule has 1 aliphatic heterocycles. The zero-order chi connectivity index (χ0) is 17.7. The van der Waals surface area contributed by atoms with Gasteiger partial charge in [0, 0.05) is 13.1 Å². The van der Waals surface area contributed by atoms with Crippen LogP contribution < -0.4 is 9.47 Å². The van der Waals surface area contributed by atoms with Crippen molar-refractivity contribution in [3.8, 4) is 11.5 Å². The van der Waals surface area contributed by atoms with Crippen LogP contribution in [-0.4, -0.2) is 48.7 Å². The summed E-state index contributed by atoms with van der Waals surface area (Å²) in [7, 11) is 1.33. The number of carboxylic acids is 1. The molecule has 8 heteroatoms. The summed E-state index contributed by atoms with van der Waals surface area (Å²) in [6.45, 7) is -2.33. The lowest BCUT2D eigenvalue weighted by Crippen LogP contribution is -2.43. The van der Waals surface area contributed by atoms with E-state index in [0.29, 0.717) is 24.9 Å². The number of ether oxygens (including phenoxy) is 2. The summed E-state index contributed by atoms with van der Waals surface area (Å²) in [5.41, 5.74) is 0.494. The van der Waals surface area contributed by atoms with Crippen molar-refractivity contribution in [3.63, 3.8) is 0 Å². The van der Waals surface area contributed by atoms with Gasteiger partial charge in [0.25, 0.3) is 0 Å². The second kappa shape index (κ2) is 7.94. The lowest BCUT2D eigenvalue weighted by atomic mass is 9.97. The Bertz CT molecular complexity index is 608. The van der Waals surface area contributed by atoms with Gasteiger partial charge in [0.05, 0.1) is 19.4 Å². The van der Waals surface area contributed by atoms with Crippen LogP contribution in [0.5, 0.6) is 11.5 Å². The van der Waals surface area contributed by atoms with Crippen molar-refractivity contribution in [1.82, 2.24) is 4.90 Å². The van der Waals surface area contributed by atoms with Crippen LogP contribution in [0.2, 0.25) is 0 Å². The summed E-state index contributed by atoms with van der Waals surface area (Å²) in [4.78, 5) is 24.9. The molecule has 1 aromatic carbocycles. The number of methoxy groups -OCH3 is 1. The van der Waals surface area contributed by atoms with Crippen molar-refractivity contribution in [2.24, 2.45) is 5.92 Å². The first-order valence-electron chi connectivity index (χ1n) is 7.53. The summed E-state index contributed by atoms with van der Waals surface area (Å²) in [6, 6.07) is 4.38. The van der Waals surface area contributed by atoms with E-state index >= 15 is 0 Å². The summed E-state index contributed by atoms with van der Waals surface area (Å²) in [5, 5.41) is 9.07. The Kier molecular flexibility index (Phi) is 5.94. The third kappa shape index (κ3) is 4.56. The number of benzene rings is 1. The number of alkyl halides is 2. The average molecular weight is 343 g/mol. The van der Waals surface area contributed by atoms with Crippen LogP contribution in [0.1, 0.15) is 18.4 Å². The zero-order valence-corrected chi connectivity index (χ0v) is 13.2. The summed E-state index contributed by atoms with van der Waals surface area (Å²) < 4.78 is 34.2. The molecule has 0 aliphatic carbocycles. The molecule has 1 fully saturated rings. The van der Waals surface area contributed by atoms with Gasteiger partial charge in [0.15, 0.2) is 11.5 Å². The van der Waals surface area contributed by atoms with Gasteiger partial charge in [-0.15, -0.1) is 0 Å². The molecule has 1 aromatic rings. The number of carbonyl (C=O) groups is 2. The topological polar surface area (TPSA) is 76.1 Å². The third-order valence-electron chi connectivity index (χ3n) is 3.92. The van der Waals surface area contributed by atoms with Crippen LogP contribution in [-0.2, 0) is 16.0 Å². The highest BCUT2D eigenvalue weighted by Crippen LogP contribution is 2.30. The van der Waals surface area contributed by atoms with Gasteiger partial charge >= 0.3 is 12.6 Å². The fourth-order valence-corrected chi connectivity index (χ4v) is 2.71. The third-order valence-corrected chi connectivity index (χ3v) is 3.92. The number of aliphatic carboxylic acids is 1. The van der Waals surface area contributed by atoms with Gasteiger partial charge < -0.3 is 19.5 Å². The van der Waals surface area contributed by atoms with Crippen molar-refractivity contribution in [3.05, 3.63) is 23.8 Å². The molecule has 1 atom stereocenters. The molecular weight excluding hydrogens is 324 g/mol. The fourth-order valence-electron chi connectivity index (χ4n) is 2.71. The second-order valence-electron chi connectivity index (χ2n) is 5.56. The van der Waals surface area contributed by atoms with Crippen molar-refractivity contribution >= 4 is 11.9 Å². The Morgan fingerprint density at radius 3 is 2.75 bits per heavy atom. The number of hydrogen-bond acceptors (Lipinski definition) is 4. The van der Waals surface area contributed by atoms with E-state index in [2.05, 4.69) is 4.74 Å². The van der Waals surface area contributed by atoms with Crippen LogP contribution in [0, 0.1) is 5.92 Å². The van der Waals surface area contributed by atoms with Gasteiger partial charge in [-0.05, 0) is 30.5 Å². The second-order valence-corrected chi connectivity index (χ2v) is 5.56. The first kappa shape index (κ1) is 18.0. The molecule has 0 saturated carbocycles. The number of amides is 1. The van der Waals surface area contributed by atoms with E-state index in [1.165, 1.54) is 24.1 Å². The van der Waals surface area contributed by atoms with Gasteiger partial charge in [0.2, 0.25) is 5.91 Å². The Hall–Kier alpha value is -2.38. The smallest absolute Gasteiger partial charge is 0.387 e. The highest BCUT2D eigenvalue weighted by molar-refractivity contribution is 5.80. The zero-order valence-electron chi connectivity index (χ0n) is 13.2. The molecule has 6 nitrogen and oxygen atoms in total. The van der Waals surface area contributed by atoms with Gasteiger partial charge in [-0.3, -0.25) is 9.59 Å². The van der Waals surface area contributed by atoms with Crippen LogP contribution in [0.3, 0.4) is 0 Å². The summed E-state index contributed by atoms with van der Waals surface area (Å²) in [6.07, 6.45) is 1.16. The van der Waals surface area contributed by atoms with E-state index in [1.54, 1.807) is 6.07 Å². The average Bonchev–Trinajstić information content (AvgIpc) is 2.54. The molecule has 0 aromatic heterocycles. The van der Waals surface area contributed by atoms with Gasteiger partial charge in [0.1, 0.15) is 0 Å². The number of nitrogens with zero attached hydrogens (tertiary/aromatic N) is 1.